The molecule has 0 saturated heterocycles. The number of rotatable bonds is 4. The zero-order valence-corrected chi connectivity index (χ0v) is 14.7. The highest BCUT2D eigenvalue weighted by Gasteiger charge is 2.27. The summed E-state index contributed by atoms with van der Waals surface area (Å²) >= 11 is 0. The summed E-state index contributed by atoms with van der Waals surface area (Å²) in [4.78, 5) is 37.0. The van der Waals surface area contributed by atoms with Crippen LogP contribution in [0, 0.1) is 6.92 Å². The van der Waals surface area contributed by atoms with E-state index >= 15 is 0 Å². The SMILES string of the molecule is CC.CC(=O)C(C(=O)Nc1ccccc1)n1cnc2c(C)ncnc21. The molecule has 3 aromatic rings. The number of aryl methyl sites for hydroxylation is 1. The third kappa shape index (κ3) is 3.88. The largest absolute Gasteiger partial charge is 0.324 e. The number of amides is 1. The van der Waals surface area contributed by atoms with Crippen molar-refractivity contribution in [3.63, 3.8) is 0 Å². The third-order valence-corrected chi connectivity index (χ3v) is 3.49. The van der Waals surface area contributed by atoms with Crippen LogP contribution in [0.1, 0.15) is 32.5 Å². The van der Waals surface area contributed by atoms with Crippen LogP contribution in [0.25, 0.3) is 11.2 Å². The van der Waals surface area contributed by atoms with Gasteiger partial charge in [0.05, 0.1) is 12.0 Å². The van der Waals surface area contributed by atoms with Crippen LogP contribution in [-0.2, 0) is 9.59 Å². The molecule has 7 nitrogen and oxygen atoms in total. The Morgan fingerprint density at radius 1 is 1.08 bits per heavy atom. The van der Waals surface area contributed by atoms with E-state index in [4.69, 9.17) is 0 Å². The van der Waals surface area contributed by atoms with E-state index in [1.165, 1.54) is 24.1 Å². The normalized spacial score (nSPS) is 11.4. The van der Waals surface area contributed by atoms with Gasteiger partial charge in [-0.2, -0.15) is 0 Å². The van der Waals surface area contributed by atoms with Crippen LogP contribution in [0.15, 0.2) is 43.0 Å². The summed E-state index contributed by atoms with van der Waals surface area (Å²) in [6.45, 7) is 7.17. The predicted octanol–water partition coefficient (Wildman–Crippen LogP) is 2.93. The van der Waals surface area contributed by atoms with Crippen molar-refractivity contribution in [2.24, 2.45) is 0 Å². The van der Waals surface area contributed by atoms with E-state index < -0.39 is 11.9 Å². The van der Waals surface area contributed by atoms with Gasteiger partial charge in [0.25, 0.3) is 5.91 Å². The molecule has 0 bridgehead atoms. The van der Waals surface area contributed by atoms with Crippen LogP contribution in [0.3, 0.4) is 0 Å². The first-order valence-corrected chi connectivity index (χ1v) is 8.08. The Bertz CT molecular complexity index is 874. The second-order valence-electron chi connectivity index (χ2n) is 5.15. The van der Waals surface area contributed by atoms with E-state index in [0.29, 0.717) is 22.5 Å². The van der Waals surface area contributed by atoms with Crippen molar-refractivity contribution < 1.29 is 9.59 Å². The van der Waals surface area contributed by atoms with Gasteiger partial charge in [0.2, 0.25) is 0 Å². The Balaban J connectivity index is 0.00000109. The molecule has 3 rings (SSSR count). The van der Waals surface area contributed by atoms with Crippen molar-refractivity contribution in [2.45, 2.75) is 33.7 Å². The lowest BCUT2D eigenvalue weighted by molar-refractivity contribution is -0.128. The molecule has 7 heteroatoms. The minimum absolute atomic E-state index is 0.297. The quantitative estimate of drug-likeness (QED) is 0.738. The number of imidazole rings is 1. The summed E-state index contributed by atoms with van der Waals surface area (Å²) in [5.74, 6) is -0.728. The van der Waals surface area contributed by atoms with E-state index in [1.807, 2.05) is 32.0 Å². The smallest absolute Gasteiger partial charge is 0.255 e. The highest BCUT2D eigenvalue weighted by molar-refractivity contribution is 6.09. The van der Waals surface area contributed by atoms with Crippen molar-refractivity contribution in [1.82, 2.24) is 19.5 Å². The van der Waals surface area contributed by atoms with Crippen LogP contribution >= 0.6 is 0 Å². The second-order valence-corrected chi connectivity index (χ2v) is 5.15. The van der Waals surface area contributed by atoms with Crippen molar-refractivity contribution >= 4 is 28.5 Å². The maximum atomic E-state index is 12.6. The molecule has 1 atom stereocenters. The molecule has 2 aromatic heterocycles. The molecule has 0 aliphatic heterocycles. The number of ketones is 1. The number of hydrogen-bond donors (Lipinski definition) is 1. The molecule has 0 aliphatic rings. The van der Waals surface area contributed by atoms with Gasteiger partial charge < -0.3 is 5.32 Å². The predicted molar refractivity (Wildman–Crippen MR) is 96.2 cm³/mol. The van der Waals surface area contributed by atoms with Crippen LogP contribution in [0.2, 0.25) is 0 Å². The fourth-order valence-electron chi connectivity index (χ4n) is 2.40. The van der Waals surface area contributed by atoms with Crippen LogP contribution < -0.4 is 5.32 Å². The topological polar surface area (TPSA) is 89.8 Å². The fourth-order valence-corrected chi connectivity index (χ4v) is 2.40. The Morgan fingerprint density at radius 2 is 1.76 bits per heavy atom. The molecular weight excluding hydrogens is 318 g/mol. The summed E-state index contributed by atoms with van der Waals surface area (Å²) in [5, 5.41) is 2.74. The molecule has 25 heavy (non-hydrogen) atoms. The van der Waals surface area contributed by atoms with Gasteiger partial charge in [0, 0.05) is 5.69 Å². The molecule has 1 amide bonds. The first-order valence-electron chi connectivity index (χ1n) is 8.08. The molecule has 0 radical (unpaired) electrons. The molecule has 0 aliphatic carbocycles. The molecule has 1 N–H and O–H groups in total. The fraction of sp³-hybridized carbons (Fsp3) is 0.278. The average Bonchev–Trinajstić information content (AvgIpc) is 3.03. The van der Waals surface area contributed by atoms with Gasteiger partial charge in [-0.15, -0.1) is 0 Å². The van der Waals surface area contributed by atoms with Gasteiger partial charge in [-0.05, 0) is 26.0 Å². The number of carbonyl (C=O) groups is 2. The maximum absolute atomic E-state index is 12.6. The molecule has 0 fully saturated rings. The maximum Gasteiger partial charge on any atom is 0.255 e. The Hall–Kier alpha value is -3.09. The number of carbonyl (C=O) groups excluding carboxylic acids is 2. The van der Waals surface area contributed by atoms with Gasteiger partial charge >= 0.3 is 0 Å². The summed E-state index contributed by atoms with van der Waals surface area (Å²) in [7, 11) is 0. The van der Waals surface area contributed by atoms with E-state index in [0.717, 1.165) is 0 Å². The van der Waals surface area contributed by atoms with Crippen molar-refractivity contribution in [3.05, 3.63) is 48.7 Å². The monoisotopic (exact) mass is 339 g/mol. The summed E-state index contributed by atoms with van der Waals surface area (Å²) in [6.07, 6.45) is 2.84. The molecule has 0 saturated carbocycles. The summed E-state index contributed by atoms with van der Waals surface area (Å²) in [5.41, 5.74) is 2.35. The first-order chi connectivity index (χ1) is 12.1. The van der Waals surface area contributed by atoms with Gasteiger partial charge in [0.1, 0.15) is 11.8 Å². The highest BCUT2D eigenvalue weighted by Crippen LogP contribution is 2.19. The second kappa shape index (κ2) is 8.14. The number of benzene rings is 1. The number of para-hydroxylation sites is 1. The van der Waals surface area contributed by atoms with E-state index in [9.17, 15) is 9.59 Å². The summed E-state index contributed by atoms with van der Waals surface area (Å²) < 4.78 is 1.48. The van der Waals surface area contributed by atoms with Crippen LogP contribution in [0.4, 0.5) is 5.69 Å². The Morgan fingerprint density at radius 3 is 2.40 bits per heavy atom. The lowest BCUT2D eigenvalue weighted by Gasteiger charge is -2.16. The number of nitrogens with zero attached hydrogens (tertiary/aromatic N) is 4. The summed E-state index contributed by atoms with van der Waals surface area (Å²) in [6, 6.07) is 7.94. The third-order valence-electron chi connectivity index (χ3n) is 3.49. The van der Waals surface area contributed by atoms with Gasteiger partial charge in [0.15, 0.2) is 17.5 Å². The lowest BCUT2D eigenvalue weighted by Crippen LogP contribution is -2.31. The van der Waals surface area contributed by atoms with Crippen molar-refractivity contribution in [2.75, 3.05) is 5.32 Å². The van der Waals surface area contributed by atoms with E-state index in [-0.39, 0.29) is 5.78 Å². The molecule has 130 valence electrons. The minimum Gasteiger partial charge on any atom is -0.324 e. The molecule has 2 heterocycles. The number of fused-ring (bicyclic) bond motifs is 1. The average molecular weight is 339 g/mol. The number of hydrogen-bond acceptors (Lipinski definition) is 5. The molecular formula is C18H21N5O2. The van der Waals surface area contributed by atoms with Crippen molar-refractivity contribution in [1.29, 1.82) is 0 Å². The number of aromatic nitrogens is 4. The van der Waals surface area contributed by atoms with Gasteiger partial charge in [-0.25, -0.2) is 15.0 Å². The molecule has 1 unspecified atom stereocenters. The van der Waals surface area contributed by atoms with Gasteiger partial charge in [-0.1, -0.05) is 32.0 Å². The Labute approximate surface area is 146 Å². The zero-order valence-electron chi connectivity index (χ0n) is 14.7. The Kier molecular flexibility index (Phi) is 5.94. The van der Waals surface area contributed by atoms with Crippen molar-refractivity contribution in [3.8, 4) is 0 Å². The molecule has 1 aromatic carbocycles. The first kappa shape index (κ1) is 18.3. The van der Waals surface area contributed by atoms with E-state index in [1.54, 1.807) is 19.1 Å². The van der Waals surface area contributed by atoms with Crippen LogP contribution in [0.5, 0.6) is 0 Å². The highest BCUT2D eigenvalue weighted by atomic mass is 16.2. The van der Waals surface area contributed by atoms with Gasteiger partial charge in [-0.3, -0.25) is 14.2 Å². The standard InChI is InChI=1S/C16H15N5O2.C2H6/c1-10-13-15(18-8-17-10)21(9-19-13)14(11(2)22)16(23)20-12-6-4-3-5-7-12;1-2/h3-9,14H,1-2H3,(H,20,23);1-2H3. The zero-order chi connectivity index (χ0) is 18.4. The number of nitrogens with one attached hydrogen (secondary N) is 1. The lowest BCUT2D eigenvalue weighted by atomic mass is 10.1. The number of anilines is 1. The van der Waals surface area contributed by atoms with E-state index in [2.05, 4.69) is 20.3 Å². The number of Topliss-reactive ketones (excluding diaryl/α,β-unsaturated/α-hetero) is 1. The minimum atomic E-state index is -1.03. The molecule has 0 spiro atoms. The van der Waals surface area contributed by atoms with Crippen LogP contribution in [-0.4, -0.2) is 31.2 Å².